The van der Waals surface area contributed by atoms with Gasteiger partial charge in [-0.1, -0.05) is 178 Å². The predicted molar refractivity (Wildman–Crippen MR) is 239 cm³/mol. The van der Waals surface area contributed by atoms with Crippen LogP contribution in [0.4, 0.5) is 0 Å². The van der Waals surface area contributed by atoms with E-state index in [1.807, 2.05) is 0 Å². The van der Waals surface area contributed by atoms with Crippen molar-refractivity contribution in [3.8, 4) is 67.3 Å². The number of nitrogens with zero attached hydrogens (tertiary/aromatic N) is 2. The molecule has 0 amide bonds. The summed E-state index contributed by atoms with van der Waals surface area (Å²) in [5.74, 6) is 0. The van der Waals surface area contributed by atoms with Crippen molar-refractivity contribution in [1.82, 2.24) is 9.13 Å². The molecule has 8 aromatic carbocycles. The van der Waals surface area contributed by atoms with Crippen molar-refractivity contribution < 1.29 is 0 Å². The zero-order chi connectivity index (χ0) is 38.1. The minimum Gasteiger partial charge on any atom is -0.309 e. The van der Waals surface area contributed by atoms with Gasteiger partial charge in [-0.3, -0.25) is 0 Å². The van der Waals surface area contributed by atoms with Crippen molar-refractivity contribution >= 4 is 21.8 Å². The highest BCUT2D eigenvalue weighted by Gasteiger charge is 2.36. The zero-order valence-electron chi connectivity index (χ0n) is 32.0. The first-order valence-electron chi connectivity index (χ1n) is 19.9. The Labute approximate surface area is 333 Å². The maximum Gasteiger partial charge on any atom is 0.0620 e. The van der Waals surface area contributed by atoms with Gasteiger partial charge in [0.1, 0.15) is 0 Å². The van der Waals surface area contributed by atoms with Crippen LogP contribution in [-0.4, -0.2) is 9.13 Å². The average molecular weight is 729 g/mol. The van der Waals surface area contributed by atoms with Crippen LogP contribution in [0.2, 0.25) is 0 Å². The van der Waals surface area contributed by atoms with Gasteiger partial charge in [-0.25, -0.2) is 0 Å². The van der Waals surface area contributed by atoms with Crippen molar-refractivity contribution in [3.05, 3.63) is 217 Å². The molecular formula is C55H40N2. The van der Waals surface area contributed by atoms with Crippen LogP contribution in [0, 0.1) is 0 Å². The molecule has 0 saturated carbocycles. The summed E-state index contributed by atoms with van der Waals surface area (Å²) in [6.07, 6.45) is 0. The van der Waals surface area contributed by atoms with Gasteiger partial charge in [0.2, 0.25) is 0 Å². The second-order valence-corrected chi connectivity index (χ2v) is 15.7. The van der Waals surface area contributed by atoms with Crippen LogP contribution in [0.25, 0.3) is 89.1 Å². The topological polar surface area (TPSA) is 9.86 Å². The largest absolute Gasteiger partial charge is 0.309 e. The summed E-state index contributed by atoms with van der Waals surface area (Å²) in [6, 6.07) is 75.6. The Morgan fingerprint density at radius 1 is 0.333 bits per heavy atom. The summed E-state index contributed by atoms with van der Waals surface area (Å²) in [5.41, 5.74) is 19.5. The molecule has 2 heterocycles. The Hall–Kier alpha value is -7.16. The van der Waals surface area contributed by atoms with Gasteiger partial charge in [0, 0.05) is 38.7 Å². The summed E-state index contributed by atoms with van der Waals surface area (Å²) in [4.78, 5) is 0. The maximum absolute atomic E-state index is 2.51. The first-order chi connectivity index (χ1) is 28.1. The molecule has 2 nitrogen and oxygen atoms in total. The number of rotatable bonds is 6. The van der Waals surface area contributed by atoms with E-state index >= 15 is 0 Å². The zero-order valence-corrected chi connectivity index (χ0v) is 32.0. The van der Waals surface area contributed by atoms with Crippen molar-refractivity contribution in [2.45, 2.75) is 19.3 Å². The van der Waals surface area contributed by atoms with Crippen LogP contribution in [0.3, 0.4) is 0 Å². The molecule has 0 radical (unpaired) electrons. The lowest BCUT2D eigenvalue weighted by Gasteiger charge is -2.22. The lowest BCUT2D eigenvalue weighted by atomic mass is 9.81. The summed E-state index contributed by atoms with van der Waals surface area (Å²) < 4.78 is 4.98. The van der Waals surface area contributed by atoms with Crippen molar-refractivity contribution in [1.29, 1.82) is 0 Å². The molecule has 1 aliphatic rings. The van der Waals surface area contributed by atoms with Gasteiger partial charge < -0.3 is 9.13 Å². The van der Waals surface area contributed by atoms with E-state index < -0.39 is 0 Å². The van der Waals surface area contributed by atoms with Gasteiger partial charge in [-0.05, 0) is 87.0 Å². The van der Waals surface area contributed by atoms with E-state index in [2.05, 4.69) is 229 Å². The first-order valence-corrected chi connectivity index (χ1v) is 19.9. The standard InChI is InChI=1S/C55H40N2/c1-55(2)47-27-15-12-24-43(47)44-35-32-40(36-48(44)55)54-52(46-26-14-17-29-50(46)57(54)42-33-30-38(31-34-42)37-18-6-3-7-19-37)51-45-25-13-16-28-49(45)56(41-22-10-5-11-23-41)53(51)39-20-8-4-9-21-39/h3-36H,1-2H3. The maximum atomic E-state index is 2.51. The fraction of sp³-hybridized carbons (Fsp3) is 0.0545. The lowest BCUT2D eigenvalue weighted by molar-refractivity contribution is 0.660. The lowest BCUT2D eigenvalue weighted by Crippen LogP contribution is -2.15. The summed E-state index contributed by atoms with van der Waals surface area (Å²) in [5, 5.41) is 2.44. The minimum atomic E-state index is -0.144. The second-order valence-electron chi connectivity index (χ2n) is 15.7. The molecular weight excluding hydrogens is 689 g/mol. The highest BCUT2D eigenvalue weighted by atomic mass is 15.0. The van der Waals surface area contributed by atoms with E-state index in [-0.39, 0.29) is 5.41 Å². The number of para-hydroxylation sites is 3. The van der Waals surface area contributed by atoms with E-state index in [0.717, 1.165) is 11.4 Å². The summed E-state index contributed by atoms with van der Waals surface area (Å²) >= 11 is 0. The SMILES string of the molecule is CC1(C)c2ccccc2-c2ccc(-c3c(-c4c(-c5ccccc5)n(-c5ccccc5)c5ccccc45)c4ccccc4n3-c3ccc(-c4ccccc4)cc3)cc21. The number of hydrogen-bond acceptors (Lipinski definition) is 0. The third kappa shape index (κ3) is 5.11. The number of aromatic nitrogens is 2. The van der Waals surface area contributed by atoms with Crippen molar-refractivity contribution in [2.75, 3.05) is 0 Å². The molecule has 0 bridgehead atoms. The molecule has 11 rings (SSSR count). The molecule has 0 aliphatic heterocycles. The Morgan fingerprint density at radius 3 is 1.40 bits per heavy atom. The molecule has 0 spiro atoms. The fourth-order valence-electron chi connectivity index (χ4n) is 9.53. The molecule has 0 unspecified atom stereocenters. The molecule has 1 aliphatic carbocycles. The van der Waals surface area contributed by atoms with Crippen LogP contribution in [0.1, 0.15) is 25.0 Å². The van der Waals surface area contributed by atoms with Crippen molar-refractivity contribution in [2.24, 2.45) is 0 Å². The molecule has 57 heavy (non-hydrogen) atoms. The van der Waals surface area contributed by atoms with Gasteiger partial charge in [-0.2, -0.15) is 0 Å². The fourth-order valence-corrected chi connectivity index (χ4v) is 9.53. The van der Waals surface area contributed by atoms with E-state index in [1.54, 1.807) is 0 Å². The normalized spacial score (nSPS) is 12.9. The Morgan fingerprint density at radius 2 is 0.772 bits per heavy atom. The molecule has 0 atom stereocenters. The molecule has 0 saturated heterocycles. The monoisotopic (exact) mass is 728 g/mol. The molecule has 2 heteroatoms. The molecule has 0 N–H and O–H groups in total. The molecule has 2 aromatic heterocycles. The van der Waals surface area contributed by atoms with Gasteiger partial charge in [0.25, 0.3) is 0 Å². The minimum absolute atomic E-state index is 0.144. The highest BCUT2D eigenvalue weighted by Crippen LogP contribution is 2.53. The number of benzene rings is 8. The van der Waals surface area contributed by atoms with Crippen LogP contribution in [0.5, 0.6) is 0 Å². The molecule has 270 valence electrons. The van der Waals surface area contributed by atoms with Gasteiger partial charge in [0.05, 0.1) is 22.4 Å². The Bertz CT molecular complexity index is 3110. The summed E-state index contributed by atoms with van der Waals surface area (Å²) in [7, 11) is 0. The van der Waals surface area contributed by atoms with Gasteiger partial charge in [-0.15, -0.1) is 0 Å². The number of fused-ring (bicyclic) bond motifs is 5. The molecule has 0 fully saturated rings. The van der Waals surface area contributed by atoms with Crippen LogP contribution in [-0.2, 0) is 5.41 Å². The first kappa shape index (κ1) is 33.2. The average Bonchev–Trinajstić information content (AvgIpc) is 3.88. The predicted octanol–water partition coefficient (Wildman–Crippen LogP) is 14.5. The quantitative estimate of drug-likeness (QED) is 0.161. The third-order valence-corrected chi connectivity index (χ3v) is 12.2. The van der Waals surface area contributed by atoms with Gasteiger partial charge >= 0.3 is 0 Å². The smallest absolute Gasteiger partial charge is 0.0620 e. The van der Waals surface area contributed by atoms with Crippen LogP contribution >= 0.6 is 0 Å². The van der Waals surface area contributed by atoms with E-state index in [9.17, 15) is 0 Å². The third-order valence-electron chi connectivity index (χ3n) is 12.2. The van der Waals surface area contributed by atoms with Crippen molar-refractivity contribution in [3.63, 3.8) is 0 Å². The molecule has 10 aromatic rings. The summed E-state index contributed by atoms with van der Waals surface area (Å²) in [6.45, 7) is 4.75. The Balaban J connectivity index is 1.28. The Kier molecular flexibility index (Phi) is 7.55. The van der Waals surface area contributed by atoms with E-state index in [4.69, 9.17) is 0 Å². The number of hydrogen-bond donors (Lipinski definition) is 0. The van der Waals surface area contributed by atoms with Crippen LogP contribution < -0.4 is 0 Å². The van der Waals surface area contributed by atoms with E-state index in [1.165, 1.54) is 88.8 Å². The highest BCUT2D eigenvalue weighted by molar-refractivity contribution is 6.16. The van der Waals surface area contributed by atoms with Gasteiger partial charge in [0.15, 0.2) is 0 Å². The van der Waals surface area contributed by atoms with Crippen LogP contribution in [0.15, 0.2) is 206 Å². The van der Waals surface area contributed by atoms with E-state index in [0.29, 0.717) is 0 Å². The second kappa shape index (κ2) is 13.0.